The summed E-state index contributed by atoms with van der Waals surface area (Å²) in [4.78, 5) is 0. The second kappa shape index (κ2) is 4.11. The number of hydrogen-bond acceptors (Lipinski definition) is 1. The molecule has 0 heterocycles. The lowest BCUT2D eigenvalue weighted by Crippen LogP contribution is -2.10. The Balaban J connectivity index is 2.34. The number of hydrogen-bond donors (Lipinski definition) is 1. The molecule has 0 saturated heterocycles. The lowest BCUT2D eigenvalue weighted by molar-refractivity contribution is 0.166. The van der Waals surface area contributed by atoms with Crippen LogP contribution in [0.15, 0.2) is 24.3 Å². The van der Waals surface area contributed by atoms with Crippen LogP contribution < -0.4 is 0 Å². The Bertz CT molecular complexity index is 399. The lowest BCUT2D eigenvalue weighted by atomic mass is 9.92. The maximum Gasteiger partial charge on any atom is 0.166 e. The summed E-state index contributed by atoms with van der Waals surface area (Å²) in [6.07, 6.45) is 3.17. The van der Waals surface area contributed by atoms with E-state index in [9.17, 15) is 13.9 Å². The number of benzene rings is 1. The van der Waals surface area contributed by atoms with E-state index in [2.05, 4.69) is 0 Å². The largest absolute Gasteiger partial charge is 0.393 e. The van der Waals surface area contributed by atoms with Gasteiger partial charge in [-0.1, -0.05) is 18.2 Å². The van der Waals surface area contributed by atoms with Crippen LogP contribution in [0.5, 0.6) is 0 Å². The molecule has 1 atom stereocenters. The molecule has 1 aliphatic carbocycles. The SMILES string of the molecule is OC1CC=C(c2cccc(F)c2F)CC1. The van der Waals surface area contributed by atoms with Crippen molar-refractivity contribution in [3.63, 3.8) is 0 Å². The van der Waals surface area contributed by atoms with Crippen molar-refractivity contribution in [2.75, 3.05) is 0 Å². The molecule has 1 aliphatic rings. The van der Waals surface area contributed by atoms with Crippen LogP contribution in [0.3, 0.4) is 0 Å². The average Bonchev–Trinajstić information content (AvgIpc) is 2.24. The van der Waals surface area contributed by atoms with Crippen molar-refractivity contribution in [2.45, 2.75) is 25.4 Å². The Morgan fingerprint density at radius 3 is 2.73 bits per heavy atom. The monoisotopic (exact) mass is 210 g/mol. The minimum atomic E-state index is -0.820. The fourth-order valence-electron chi connectivity index (χ4n) is 1.82. The highest BCUT2D eigenvalue weighted by atomic mass is 19.2. The van der Waals surface area contributed by atoms with Gasteiger partial charge in [-0.3, -0.25) is 0 Å². The van der Waals surface area contributed by atoms with Gasteiger partial charge in [-0.25, -0.2) is 8.78 Å². The molecule has 1 aromatic carbocycles. The van der Waals surface area contributed by atoms with Crippen molar-refractivity contribution in [3.05, 3.63) is 41.5 Å². The fourth-order valence-corrected chi connectivity index (χ4v) is 1.82. The van der Waals surface area contributed by atoms with E-state index in [0.717, 1.165) is 11.6 Å². The summed E-state index contributed by atoms with van der Waals surface area (Å²) in [6, 6.07) is 4.18. The van der Waals surface area contributed by atoms with Gasteiger partial charge >= 0.3 is 0 Å². The van der Waals surface area contributed by atoms with Crippen LogP contribution in [-0.4, -0.2) is 11.2 Å². The first kappa shape index (κ1) is 10.3. The molecule has 1 N–H and O–H groups in total. The molecule has 3 heteroatoms. The highest BCUT2D eigenvalue weighted by molar-refractivity contribution is 5.66. The molecule has 15 heavy (non-hydrogen) atoms. The van der Waals surface area contributed by atoms with Crippen LogP contribution in [0.1, 0.15) is 24.8 Å². The molecule has 1 unspecified atom stereocenters. The van der Waals surface area contributed by atoms with Gasteiger partial charge in [0.15, 0.2) is 11.6 Å². The van der Waals surface area contributed by atoms with E-state index in [0.29, 0.717) is 24.8 Å². The molecule has 2 rings (SSSR count). The van der Waals surface area contributed by atoms with Crippen molar-refractivity contribution >= 4 is 5.57 Å². The third-order valence-electron chi connectivity index (χ3n) is 2.68. The number of aliphatic hydroxyl groups excluding tert-OH is 1. The predicted octanol–water partition coefficient (Wildman–Crippen LogP) is 2.89. The zero-order valence-corrected chi connectivity index (χ0v) is 8.21. The number of rotatable bonds is 1. The van der Waals surface area contributed by atoms with Crippen LogP contribution in [0.4, 0.5) is 8.78 Å². The maximum atomic E-state index is 13.4. The highest BCUT2D eigenvalue weighted by Gasteiger charge is 2.16. The highest BCUT2D eigenvalue weighted by Crippen LogP contribution is 2.29. The van der Waals surface area contributed by atoms with Crippen molar-refractivity contribution in [1.82, 2.24) is 0 Å². The third-order valence-corrected chi connectivity index (χ3v) is 2.68. The minimum Gasteiger partial charge on any atom is -0.393 e. The van der Waals surface area contributed by atoms with E-state index < -0.39 is 11.6 Å². The third kappa shape index (κ3) is 2.07. The summed E-state index contributed by atoms with van der Waals surface area (Å²) < 4.78 is 26.4. The Hall–Kier alpha value is -1.22. The summed E-state index contributed by atoms with van der Waals surface area (Å²) in [5, 5.41) is 9.29. The first-order valence-electron chi connectivity index (χ1n) is 5.00. The summed E-state index contributed by atoms with van der Waals surface area (Å²) in [7, 11) is 0. The molecule has 0 aromatic heterocycles. The van der Waals surface area contributed by atoms with E-state index in [4.69, 9.17) is 0 Å². The molecular formula is C12H12F2O. The molecule has 0 radical (unpaired) electrons. The van der Waals surface area contributed by atoms with Gasteiger partial charge in [-0.05, 0) is 30.9 Å². The van der Waals surface area contributed by atoms with E-state index >= 15 is 0 Å². The van der Waals surface area contributed by atoms with Gasteiger partial charge < -0.3 is 5.11 Å². The van der Waals surface area contributed by atoms with Gasteiger partial charge in [-0.2, -0.15) is 0 Å². The van der Waals surface area contributed by atoms with Crippen LogP contribution in [0.25, 0.3) is 5.57 Å². The van der Waals surface area contributed by atoms with Gasteiger partial charge in [0, 0.05) is 5.56 Å². The van der Waals surface area contributed by atoms with Crippen molar-refractivity contribution in [1.29, 1.82) is 0 Å². The molecule has 1 nitrogen and oxygen atoms in total. The van der Waals surface area contributed by atoms with Crippen molar-refractivity contribution < 1.29 is 13.9 Å². The Morgan fingerprint density at radius 2 is 2.07 bits per heavy atom. The summed E-state index contributed by atoms with van der Waals surface area (Å²) >= 11 is 0. The second-order valence-electron chi connectivity index (χ2n) is 3.76. The molecule has 0 fully saturated rings. The van der Waals surface area contributed by atoms with E-state index in [1.54, 1.807) is 12.1 Å². The number of allylic oxidation sites excluding steroid dienone is 1. The first-order chi connectivity index (χ1) is 7.18. The number of halogens is 2. The second-order valence-corrected chi connectivity index (χ2v) is 3.76. The van der Waals surface area contributed by atoms with Gasteiger partial charge in [0.2, 0.25) is 0 Å². The van der Waals surface area contributed by atoms with Crippen LogP contribution in [0.2, 0.25) is 0 Å². The summed E-state index contributed by atoms with van der Waals surface area (Å²) in [5.41, 5.74) is 1.11. The summed E-state index contributed by atoms with van der Waals surface area (Å²) in [5.74, 6) is -1.61. The fraction of sp³-hybridized carbons (Fsp3) is 0.333. The van der Waals surface area contributed by atoms with Crippen molar-refractivity contribution in [3.8, 4) is 0 Å². The number of aliphatic hydroxyl groups is 1. The minimum absolute atomic E-state index is 0.321. The average molecular weight is 210 g/mol. The Kier molecular flexibility index (Phi) is 2.82. The topological polar surface area (TPSA) is 20.2 Å². The molecule has 0 bridgehead atoms. The standard InChI is InChI=1S/C12H12F2O/c13-11-3-1-2-10(12(11)14)8-4-6-9(15)7-5-8/h1-4,9,15H,5-7H2. The molecule has 0 amide bonds. The molecule has 80 valence electrons. The molecule has 0 aliphatic heterocycles. The molecule has 0 saturated carbocycles. The van der Waals surface area contributed by atoms with Gasteiger partial charge in [0.25, 0.3) is 0 Å². The summed E-state index contributed by atoms with van der Waals surface area (Å²) in [6.45, 7) is 0. The van der Waals surface area contributed by atoms with Gasteiger partial charge in [0.1, 0.15) is 0 Å². The zero-order valence-electron chi connectivity index (χ0n) is 8.21. The van der Waals surface area contributed by atoms with Crippen LogP contribution in [-0.2, 0) is 0 Å². The predicted molar refractivity (Wildman–Crippen MR) is 54.2 cm³/mol. The molecule has 1 aromatic rings. The van der Waals surface area contributed by atoms with E-state index in [1.165, 1.54) is 6.07 Å². The lowest BCUT2D eigenvalue weighted by Gasteiger charge is -2.18. The quantitative estimate of drug-likeness (QED) is 0.755. The molecule has 0 spiro atoms. The van der Waals surface area contributed by atoms with Crippen LogP contribution in [0, 0.1) is 11.6 Å². The maximum absolute atomic E-state index is 13.4. The smallest absolute Gasteiger partial charge is 0.166 e. The van der Waals surface area contributed by atoms with Gasteiger partial charge in [-0.15, -0.1) is 0 Å². The van der Waals surface area contributed by atoms with E-state index in [-0.39, 0.29) is 6.10 Å². The first-order valence-corrected chi connectivity index (χ1v) is 5.00. The normalized spacial score (nSPS) is 21.3. The van der Waals surface area contributed by atoms with Gasteiger partial charge in [0.05, 0.1) is 6.10 Å². The zero-order chi connectivity index (χ0) is 10.8. The Morgan fingerprint density at radius 1 is 1.27 bits per heavy atom. The Labute approximate surface area is 87.1 Å². The van der Waals surface area contributed by atoms with E-state index in [1.807, 2.05) is 0 Å². The van der Waals surface area contributed by atoms with Crippen molar-refractivity contribution in [2.24, 2.45) is 0 Å². The van der Waals surface area contributed by atoms with Crippen LogP contribution >= 0.6 is 0 Å². The molecular weight excluding hydrogens is 198 g/mol.